The Balaban J connectivity index is 2.98. The molecule has 0 aliphatic rings. The van der Waals surface area contributed by atoms with E-state index in [9.17, 15) is 0 Å². The first-order chi connectivity index (χ1) is 8.72. The number of benzene rings is 1. The normalized spacial score (nSPS) is 9.89. The highest BCUT2D eigenvalue weighted by molar-refractivity contribution is 6.32. The Kier molecular flexibility index (Phi) is 6.42. The summed E-state index contributed by atoms with van der Waals surface area (Å²) in [6.45, 7) is 6.33. The fourth-order valence-corrected chi connectivity index (χ4v) is 1.80. The molecule has 4 heteroatoms. The molecule has 0 atom stereocenters. The van der Waals surface area contributed by atoms with Crippen molar-refractivity contribution in [2.75, 3.05) is 19.8 Å². The van der Waals surface area contributed by atoms with Crippen LogP contribution in [-0.2, 0) is 6.54 Å². The quantitative estimate of drug-likeness (QED) is 0.771. The van der Waals surface area contributed by atoms with Crippen LogP contribution in [0, 0.1) is 12.3 Å². The molecule has 0 fully saturated rings. The van der Waals surface area contributed by atoms with Gasteiger partial charge in [-0.05, 0) is 31.2 Å². The molecule has 0 radical (unpaired) electrons. The van der Waals surface area contributed by atoms with Gasteiger partial charge in [0.25, 0.3) is 0 Å². The van der Waals surface area contributed by atoms with E-state index in [0.29, 0.717) is 23.1 Å². The summed E-state index contributed by atoms with van der Waals surface area (Å²) in [6.07, 6.45) is 5.18. The lowest BCUT2D eigenvalue weighted by Crippen LogP contribution is -2.12. The van der Waals surface area contributed by atoms with Crippen molar-refractivity contribution in [2.45, 2.75) is 20.4 Å². The summed E-state index contributed by atoms with van der Waals surface area (Å²) in [5, 5.41) is 3.75. The molecule has 0 aromatic heterocycles. The van der Waals surface area contributed by atoms with E-state index >= 15 is 0 Å². The van der Waals surface area contributed by atoms with Crippen molar-refractivity contribution in [1.29, 1.82) is 0 Å². The van der Waals surface area contributed by atoms with Crippen LogP contribution in [0.5, 0.6) is 11.5 Å². The molecule has 0 bridgehead atoms. The predicted molar refractivity (Wildman–Crippen MR) is 74.3 cm³/mol. The Bertz CT molecular complexity index is 427. The maximum atomic E-state index is 6.18. The van der Waals surface area contributed by atoms with E-state index in [0.717, 1.165) is 18.7 Å². The molecule has 1 aromatic carbocycles. The van der Waals surface area contributed by atoms with Gasteiger partial charge in [0.2, 0.25) is 0 Å². The fraction of sp³-hybridized carbons (Fsp3) is 0.429. The largest absolute Gasteiger partial charge is 0.490 e. The first-order valence-corrected chi connectivity index (χ1v) is 6.32. The molecule has 0 saturated carbocycles. The summed E-state index contributed by atoms with van der Waals surface area (Å²) in [5.74, 6) is 3.56. The van der Waals surface area contributed by atoms with E-state index in [4.69, 9.17) is 27.5 Å². The van der Waals surface area contributed by atoms with Crippen molar-refractivity contribution in [3.05, 3.63) is 22.7 Å². The standard InChI is InChI=1S/C14H18ClNO2/c1-4-7-18-14-12(15)8-11(10-16-5-2)9-13(14)17-6-3/h1,8-9,16H,5-7,10H2,2-3H3. The molecule has 1 N–H and O–H groups in total. The smallest absolute Gasteiger partial charge is 0.181 e. The van der Waals surface area contributed by atoms with Crippen molar-refractivity contribution in [3.8, 4) is 23.8 Å². The van der Waals surface area contributed by atoms with Crippen LogP contribution in [-0.4, -0.2) is 19.8 Å². The molecule has 0 unspecified atom stereocenters. The van der Waals surface area contributed by atoms with Gasteiger partial charge in [0.1, 0.15) is 6.61 Å². The molecule has 0 aliphatic heterocycles. The molecular formula is C14H18ClNO2. The minimum absolute atomic E-state index is 0.173. The van der Waals surface area contributed by atoms with Gasteiger partial charge in [0.05, 0.1) is 11.6 Å². The van der Waals surface area contributed by atoms with E-state index in [1.807, 2.05) is 19.1 Å². The van der Waals surface area contributed by atoms with Gasteiger partial charge >= 0.3 is 0 Å². The lowest BCUT2D eigenvalue weighted by atomic mass is 10.2. The second-order valence-electron chi connectivity index (χ2n) is 3.61. The minimum atomic E-state index is 0.173. The van der Waals surface area contributed by atoms with Crippen LogP contribution < -0.4 is 14.8 Å². The molecule has 3 nitrogen and oxygen atoms in total. The van der Waals surface area contributed by atoms with Gasteiger partial charge in [0.15, 0.2) is 11.5 Å². The lowest BCUT2D eigenvalue weighted by molar-refractivity contribution is 0.299. The van der Waals surface area contributed by atoms with Crippen molar-refractivity contribution in [1.82, 2.24) is 5.32 Å². The highest BCUT2D eigenvalue weighted by Gasteiger charge is 2.12. The Morgan fingerprint density at radius 2 is 2.11 bits per heavy atom. The van der Waals surface area contributed by atoms with Crippen molar-refractivity contribution in [2.24, 2.45) is 0 Å². The summed E-state index contributed by atoms with van der Waals surface area (Å²) < 4.78 is 10.9. The van der Waals surface area contributed by atoms with Crippen LogP contribution in [0.15, 0.2) is 12.1 Å². The van der Waals surface area contributed by atoms with Gasteiger partial charge < -0.3 is 14.8 Å². The second kappa shape index (κ2) is 7.86. The number of ether oxygens (including phenoxy) is 2. The summed E-state index contributed by atoms with van der Waals surface area (Å²) in [7, 11) is 0. The molecule has 0 heterocycles. The molecular weight excluding hydrogens is 250 g/mol. The molecule has 0 amide bonds. The molecule has 18 heavy (non-hydrogen) atoms. The summed E-state index contributed by atoms with van der Waals surface area (Å²) in [6, 6.07) is 3.78. The Labute approximate surface area is 113 Å². The minimum Gasteiger partial charge on any atom is -0.490 e. The number of hydrogen-bond donors (Lipinski definition) is 1. The van der Waals surface area contributed by atoms with Gasteiger partial charge in [-0.25, -0.2) is 0 Å². The van der Waals surface area contributed by atoms with Crippen molar-refractivity contribution >= 4 is 11.6 Å². The Hall–Kier alpha value is -1.37. The van der Waals surface area contributed by atoms with Gasteiger partial charge in [-0.2, -0.15) is 0 Å². The molecule has 0 aliphatic carbocycles. The Morgan fingerprint density at radius 3 is 2.72 bits per heavy atom. The predicted octanol–water partition coefficient (Wildman–Crippen LogP) is 2.86. The van der Waals surface area contributed by atoms with Crippen LogP contribution in [0.1, 0.15) is 19.4 Å². The zero-order chi connectivity index (χ0) is 13.4. The van der Waals surface area contributed by atoms with Crippen LogP contribution in [0.2, 0.25) is 5.02 Å². The van der Waals surface area contributed by atoms with Crippen LogP contribution in [0.25, 0.3) is 0 Å². The third-order valence-corrected chi connectivity index (χ3v) is 2.53. The summed E-state index contributed by atoms with van der Waals surface area (Å²) in [4.78, 5) is 0. The first kappa shape index (κ1) is 14.7. The monoisotopic (exact) mass is 267 g/mol. The summed E-state index contributed by atoms with van der Waals surface area (Å²) in [5.41, 5.74) is 1.05. The van der Waals surface area contributed by atoms with Crippen LogP contribution in [0.4, 0.5) is 0 Å². The van der Waals surface area contributed by atoms with Crippen molar-refractivity contribution in [3.63, 3.8) is 0 Å². The number of halogens is 1. The number of hydrogen-bond acceptors (Lipinski definition) is 3. The zero-order valence-corrected chi connectivity index (χ0v) is 11.5. The van der Waals surface area contributed by atoms with Crippen LogP contribution >= 0.6 is 11.6 Å². The van der Waals surface area contributed by atoms with Gasteiger partial charge in [-0.1, -0.05) is 24.4 Å². The highest BCUT2D eigenvalue weighted by atomic mass is 35.5. The highest BCUT2D eigenvalue weighted by Crippen LogP contribution is 2.36. The lowest BCUT2D eigenvalue weighted by Gasteiger charge is -2.14. The average molecular weight is 268 g/mol. The molecule has 0 spiro atoms. The molecule has 1 aromatic rings. The first-order valence-electron chi connectivity index (χ1n) is 5.95. The van der Waals surface area contributed by atoms with E-state index < -0.39 is 0 Å². The van der Waals surface area contributed by atoms with Crippen LogP contribution in [0.3, 0.4) is 0 Å². The fourth-order valence-electron chi connectivity index (χ4n) is 1.51. The van der Waals surface area contributed by atoms with E-state index in [1.54, 1.807) is 0 Å². The van der Waals surface area contributed by atoms with Crippen molar-refractivity contribution < 1.29 is 9.47 Å². The zero-order valence-electron chi connectivity index (χ0n) is 10.8. The van der Waals surface area contributed by atoms with Gasteiger partial charge in [-0.3, -0.25) is 0 Å². The average Bonchev–Trinajstić information content (AvgIpc) is 2.36. The Morgan fingerprint density at radius 1 is 1.33 bits per heavy atom. The van der Waals surface area contributed by atoms with Gasteiger partial charge in [-0.15, -0.1) is 6.42 Å². The number of nitrogens with one attached hydrogen (secondary N) is 1. The van der Waals surface area contributed by atoms with E-state index in [1.165, 1.54) is 0 Å². The maximum Gasteiger partial charge on any atom is 0.181 e. The number of terminal acetylenes is 1. The maximum absolute atomic E-state index is 6.18. The topological polar surface area (TPSA) is 30.5 Å². The van der Waals surface area contributed by atoms with E-state index in [-0.39, 0.29) is 6.61 Å². The van der Waals surface area contributed by atoms with E-state index in [2.05, 4.69) is 18.2 Å². The van der Waals surface area contributed by atoms with Gasteiger partial charge in [0, 0.05) is 6.54 Å². The molecule has 98 valence electrons. The third-order valence-electron chi connectivity index (χ3n) is 2.25. The molecule has 1 rings (SSSR count). The third kappa shape index (κ3) is 4.14. The summed E-state index contributed by atoms with van der Waals surface area (Å²) >= 11 is 6.18. The number of rotatable bonds is 7. The SMILES string of the molecule is C#CCOc1c(Cl)cc(CNCC)cc1OCC. The second-order valence-corrected chi connectivity index (χ2v) is 4.02. The molecule has 0 saturated heterocycles.